The lowest BCUT2D eigenvalue weighted by Gasteiger charge is -2.17. The van der Waals surface area contributed by atoms with Gasteiger partial charge in [-0.1, -0.05) is 0 Å². The van der Waals surface area contributed by atoms with Crippen molar-refractivity contribution in [2.45, 2.75) is 6.92 Å². The molecule has 0 fully saturated rings. The number of aromatic nitrogens is 2. The molecule has 1 amide bonds. The monoisotopic (exact) mass is 209 g/mol. The van der Waals surface area contributed by atoms with Gasteiger partial charge < -0.3 is 16.0 Å². The molecule has 0 atom stereocenters. The van der Waals surface area contributed by atoms with E-state index in [1.165, 1.54) is 0 Å². The fraction of sp³-hybridized carbons (Fsp3) is 0.444. The minimum atomic E-state index is -0.0443. The van der Waals surface area contributed by atoms with Crippen molar-refractivity contribution in [3.8, 4) is 0 Å². The Balaban J connectivity index is 2.60. The van der Waals surface area contributed by atoms with E-state index in [1.807, 2.05) is 6.92 Å². The molecule has 1 heterocycles. The minimum absolute atomic E-state index is 0.0443. The molecular formula is C9H15N5O. The Kier molecular flexibility index (Phi) is 3.84. The number of amides is 1. The van der Waals surface area contributed by atoms with Gasteiger partial charge in [-0.2, -0.15) is 4.98 Å². The quantitative estimate of drug-likeness (QED) is 0.707. The Labute approximate surface area is 88.5 Å². The van der Waals surface area contributed by atoms with E-state index in [4.69, 9.17) is 5.73 Å². The molecule has 0 aliphatic heterocycles. The first-order chi connectivity index (χ1) is 7.13. The number of nitrogens with one attached hydrogen (secondary N) is 1. The van der Waals surface area contributed by atoms with Gasteiger partial charge in [-0.25, -0.2) is 4.98 Å². The number of carbonyl (C=O) groups excluding carboxylic acids is 1. The number of nitrogens with two attached hydrogens (primary N) is 1. The first-order valence-corrected chi connectivity index (χ1v) is 4.70. The molecule has 82 valence electrons. The third-order valence-electron chi connectivity index (χ3n) is 1.81. The summed E-state index contributed by atoms with van der Waals surface area (Å²) >= 11 is 0. The summed E-state index contributed by atoms with van der Waals surface area (Å²) in [5, 5.41) is 2.71. The van der Waals surface area contributed by atoms with E-state index in [-0.39, 0.29) is 18.4 Å². The van der Waals surface area contributed by atoms with Crippen molar-refractivity contribution in [3.63, 3.8) is 0 Å². The molecular weight excluding hydrogens is 194 g/mol. The third kappa shape index (κ3) is 3.41. The largest absolute Gasteiger partial charge is 0.368 e. The topological polar surface area (TPSA) is 84.1 Å². The molecule has 0 saturated carbocycles. The van der Waals surface area contributed by atoms with Crippen LogP contribution in [0.4, 0.5) is 11.8 Å². The third-order valence-corrected chi connectivity index (χ3v) is 1.81. The average molecular weight is 209 g/mol. The molecule has 0 bridgehead atoms. The molecule has 0 radical (unpaired) electrons. The Morgan fingerprint density at radius 3 is 3.00 bits per heavy atom. The SMILES string of the molecule is CCNC(=O)CN(C)c1ccnc(N)n1. The van der Waals surface area contributed by atoms with Crippen molar-refractivity contribution in [1.82, 2.24) is 15.3 Å². The van der Waals surface area contributed by atoms with Gasteiger partial charge in [0.25, 0.3) is 0 Å². The summed E-state index contributed by atoms with van der Waals surface area (Å²) in [6.07, 6.45) is 1.56. The summed E-state index contributed by atoms with van der Waals surface area (Å²) in [4.78, 5) is 20.8. The van der Waals surface area contributed by atoms with Gasteiger partial charge in [0, 0.05) is 19.8 Å². The highest BCUT2D eigenvalue weighted by atomic mass is 16.2. The van der Waals surface area contributed by atoms with Gasteiger partial charge >= 0.3 is 0 Å². The van der Waals surface area contributed by atoms with Crippen LogP contribution in [0, 0.1) is 0 Å². The predicted molar refractivity (Wildman–Crippen MR) is 58.4 cm³/mol. The lowest BCUT2D eigenvalue weighted by atomic mass is 10.4. The van der Waals surface area contributed by atoms with E-state index >= 15 is 0 Å². The van der Waals surface area contributed by atoms with Gasteiger partial charge in [0.2, 0.25) is 11.9 Å². The second-order valence-electron chi connectivity index (χ2n) is 3.08. The van der Waals surface area contributed by atoms with Crippen LogP contribution in [-0.4, -0.2) is 36.0 Å². The van der Waals surface area contributed by atoms with E-state index in [0.717, 1.165) is 0 Å². The Bertz CT molecular complexity index is 341. The highest BCUT2D eigenvalue weighted by Gasteiger charge is 2.07. The average Bonchev–Trinajstić information content (AvgIpc) is 2.18. The zero-order valence-corrected chi connectivity index (χ0v) is 8.90. The van der Waals surface area contributed by atoms with Crippen molar-refractivity contribution in [2.24, 2.45) is 0 Å². The predicted octanol–water partition coefficient (Wildman–Crippen LogP) is -0.369. The molecule has 0 aliphatic carbocycles. The van der Waals surface area contributed by atoms with Gasteiger partial charge in [0.05, 0.1) is 6.54 Å². The normalized spacial score (nSPS) is 9.73. The minimum Gasteiger partial charge on any atom is -0.368 e. The molecule has 3 N–H and O–H groups in total. The van der Waals surface area contributed by atoms with E-state index in [1.54, 1.807) is 24.2 Å². The van der Waals surface area contributed by atoms with E-state index < -0.39 is 0 Å². The number of likely N-dealkylation sites (N-methyl/N-ethyl adjacent to an activating group) is 2. The standard InChI is InChI=1S/C9H15N5O/c1-3-11-8(15)6-14(2)7-4-5-12-9(10)13-7/h4-5H,3,6H2,1-2H3,(H,11,15)(H2,10,12,13). The number of rotatable bonds is 4. The van der Waals surface area contributed by atoms with Gasteiger partial charge in [-0.05, 0) is 13.0 Å². The summed E-state index contributed by atoms with van der Waals surface area (Å²) in [6, 6.07) is 1.70. The van der Waals surface area contributed by atoms with Crippen molar-refractivity contribution >= 4 is 17.7 Å². The molecule has 1 aromatic heterocycles. The summed E-state index contributed by atoms with van der Waals surface area (Å²) in [5.41, 5.74) is 5.44. The number of nitrogens with zero attached hydrogens (tertiary/aromatic N) is 3. The van der Waals surface area contributed by atoms with Crippen LogP contribution in [-0.2, 0) is 4.79 Å². The van der Waals surface area contributed by atoms with Gasteiger partial charge in [-0.15, -0.1) is 0 Å². The molecule has 0 saturated heterocycles. The lowest BCUT2D eigenvalue weighted by molar-refractivity contribution is -0.119. The van der Waals surface area contributed by atoms with Crippen LogP contribution in [0.5, 0.6) is 0 Å². The summed E-state index contributed by atoms with van der Waals surface area (Å²) < 4.78 is 0. The number of anilines is 2. The molecule has 15 heavy (non-hydrogen) atoms. The molecule has 0 aromatic carbocycles. The summed E-state index contributed by atoms with van der Waals surface area (Å²) in [7, 11) is 1.77. The Hall–Kier alpha value is -1.85. The van der Waals surface area contributed by atoms with Crippen LogP contribution >= 0.6 is 0 Å². The molecule has 0 unspecified atom stereocenters. The first-order valence-electron chi connectivity index (χ1n) is 4.70. The molecule has 1 rings (SSSR count). The molecule has 0 spiro atoms. The van der Waals surface area contributed by atoms with Gasteiger partial charge in [0.1, 0.15) is 5.82 Å². The number of hydrogen-bond donors (Lipinski definition) is 2. The fourth-order valence-corrected chi connectivity index (χ4v) is 1.13. The number of carbonyl (C=O) groups is 1. The van der Waals surface area contributed by atoms with Crippen LogP contribution in [0.15, 0.2) is 12.3 Å². The fourth-order valence-electron chi connectivity index (χ4n) is 1.13. The maximum atomic E-state index is 11.3. The van der Waals surface area contributed by atoms with Crippen LogP contribution in [0.2, 0.25) is 0 Å². The van der Waals surface area contributed by atoms with Crippen LogP contribution in [0.3, 0.4) is 0 Å². The Morgan fingerprint density at radius 1 is 1.67 bits per heavy atom. The molecule has 0 aliphatic rings. The van der Waals surface area contributed by atoms with Gasteiger partial charge in [-0.3, -0.25) is 4.79 Å². The van der Waals surface area contributed by atoms with Crippen molar-refractivity contribution < 1.29 is 4.79 Å². The number of nitrogen functional groups attached to an aromatic ring is 1. The van der Waals surface area contributed by atoms with E-state index in [0.29, 0.717) is 12.4 Å². The highest BCUT2D eigenvalue weighted by molar-refractivity contribution is 5.80. The molecule has 6 heteroatoms. The van der Waals surface area contributed by atoms with Crippen LogP contribution in [0.1, 0.15) is 6.92 Å². The Morgan fingerprint density at radius 2 is 2.40 bits per heavy atom. The smallest absolute Gasteiger partial charge is 0.239 e. The van der Waals surface area contributed by atoms with Crippen molar-refractivity contribution in [3.05, 3.63) is 12.3 Å². The molecule has 1 aromatic rings. The van der Waals surface area contributed by atoms with Crippen molar-refractivity contribution in [2.75, 3.05) is 30.8 Å². The second-order valence-corrected chi connectivity index (χ2v) is 3.08. The zero-order chi connectivity index (χ0) is 11.3. The summed E-state index contributed by atoms with van der Waals surface area (Å²) in [5.74, 6) is 0.793. The lowest BCUT2D eigenvalue weighted by Crippen LogP contribution is -2.35. The maximum absolute atomic E-state index is 11.3. The van der Waals surface area contributed by atoms with E-state index in [9.17, 15) is 4.79 Å². The van der Waals surface area contributed by atoms with Crippen molar-refractivity contribution in [1.29, 1.82) is 0 Å². The number of hydrogen-bond acceptors (Lipinski definition) is 5. The van der Waals surface area contributed by atoms with Crippen LogP contribution in [0.25, 0.3) is 0 Å². The summed E-state index contributed by atoms with van der Waals surface area (Å²) in [6.45, 7) is 2.75. The first kappa shape index (κ1) is 11.2. The zero-order valence-electron chi connectivity index (χ0n) is 8.90. The van der Waals surface area contributed by atoms with Crippen LogP contribution < -0.4 is 16.0 Å². The second kappa shape index (κ2) is 5.14. The van der Waals surface area contributed by atoms with Gasteiger partial charge in [0.15, 0.2) is 0 Å². The molecule has 6 nitrogen and oxygen atoms in total. The van der Waals surface area contributed by atoms with E-state index in [2.05, 4.69) is 15.3 Å². The maximum Gasteiger partial charge on any atom is 0.239 e. The highest BCUT2D eigenvalue weighted by Crippen LogP contribution is 2.07.